The van der Waals surface area contributed by atoms with Crippen molar-refractivity contribution in [2.45, 2.75) is 6.54 Å². The summed E-state index contributed by atoms with van der Waals surface area (Å²) in [7, 11) is 0. The molecule has 1 aromatic heterocycles. The maximum atomic E-state index is 11.9. The number of nitro groups is 1. The van der Waals surface area contributed by atoms with Crippen LogP contribution in [0.15, 0.2) is 41.3 Å². The lowest BCUT2D eigenvalue weighted by Crippen LogP contribution is -2.25. The van der Waals surface area contributed by atoms with Crippen molar-refractivity contribution in [2.75, 3.05) is 6.61 Å². The standard InChI is InChI=1S/C15H10N4O4/c16-8-11-1-3-14(4-2-11)23-6-5-18-10-13(19(21)22)7-12(9-17)15(18)20/h1-4,7,10H,5-6H2. The van der Waals surface area contributed by atoms with Crippen LogP contribution in [0.3, 0.4) is 0 Å². The highest BCUT2D eigenvalue weighted by Crippen LogP contribution is 2.12. The van der Waals surface area contributed by atoms with Crippen molar-refractivity contribution in [3.05, 3.63) is 68.1 Å². The van der Waals surface area contributed by atoms with E-state index in [1.54, 1.807) is 30.3 Å². The smallest absolute Gasteiger partial charge is 0.287 e. The van der Waals surface area contributed by atoms with E-state index in [1.165, 1.54) is 0 Å². The summed E-state index contributed by atoms with van der Waals surface area (Å²) in [6.45, 7) is 0.132. The van der Waals surface area contributed by atoms with Crippen molar-refractivity contribution >= 4 is 5.69 Å². The van der Waals surface area contributed by atoms with Crippen LogP contribution in [0.1, 0.15) is 11.1 Å². The molecular formula is C15H10N4O4. The molecule has 1 heterocycles. The molecule has 23 heavy (non-hydrogen) atoms. The van der Waals surface area contributed by atoms with Gasteiger partial charge in [-0.15, -0.1) is 0 Å². The fraction of sp³-hybridized carbons (Fsp3) is 0.133. The van der Waals surface area contributed by atoms with E-state index in [2.05, 4.69) is 0 Å². The molecular weight excluding hydrogens is 300 g/mol. The second-order valence-corrected chi connectivity index (χ2v) is 4.46. The Morgan fingerprint density at radius 3 is 2.48 bits per heavy atom. The predicted molar refractivity (Wildman–Crippen MR) is 78.7 cm³/mol. The number of ether oxygens (including phenoxy) is 1. The Hall–Kier alpha value is -3.65. The van der Waals surface area contributed by atoms with Gasteiger partial charge < -0.3 is 9.30 Å². The molecule has 0 amide bonds. The van der Waals surface area contributed by atoms with Gasteiger partial charge in [-0.3, -0.25) is 14.9 Å². The Morgan fingerprint density at radius 1 is 1.22 bits per heavy atom. The summed E-state index contributed by atoms with van der Waals surface area (Å²) in [5, 5.41) is 28.4. The minimum absolute atomic E-state index is 0.0508. The summed E-state index contributed by atoms with van der Waals surface area (Å²) in [6, 6.07) is 11.0. The largest absolute Gasteiger partial charge is 0.492 e. The highest BCUT2D eigenvalue weighted by atomic mass is 16.6. The highest BCUT2D eigenvalue weighted by Gasteiger charge is 2.13. The molecule has 8 nitrogen and oxygen atoms in total. The quantitative estimate of drug-likeness (QED) is 0.610. The first-order valence-electron chi connectivity index (χ1n) is 6.47. The maximum Gasteiger partial charge on any atom is 0.287 e. The number of nitrogens with zero attached hydrogens (tertiary/aromatic N) is 4. The molecule has 8 heteroatoms. The lowest BCUT2D eigenvalue weighted by Gasteiger charge is -2.08. The molecule has 0 radical (unpaired) electrons. The van der Waals surface area contributed by atoms with E-state index in [9.17, 15) is 14.9 Å². The SMILES string of the molecule is N#Cc1ccc(OCCn2cc([N+](=O)[O-])cc(C#N)c2=O)cc1. The summed E-state index contributed by atoms with van der Waals surface area (Å²) < 4.78 is 6.49. The summed E-state index contributed by atoms with van der Waals surface area (Å²) in [4.78, 5) is 22.1. The number of hydrogen-bond donors (Lipinski definition) is 0. The molecule has 114 valence electrons. The van der Waals surface area contributed by atoms with E-state index in [1.807, 2.05) is 6.07 Å². The zero-order chi connectivity index (χ0) is 16.8. The van der Waals surface area contributed by atoms with Crippen LogP contribution < -0.4 is 10.3 Å². The van der Waals surface area contributed by atoms with Gasteiger partial charge in [0.2, 0.25) is 0 Å². The van der Waals surface area contributed by atoms with Crippen LogP contribution in [0.25, 0.3) is 0 Å². The lowest BCUT2D eigenvalue weighted by atomic mass is 10.2. The van der Waals surface area contributed by atoms with Crippen molar-refractivity contribution in [2.24, 2.45) is 0 Å². The normalized spacial score (nSPS) is 9.65. The molecule has 1 aromatic carbocycles. The monoisotopic (exact) mass is 310 g/mol. The highest BCUT2D eigenvalue weighted by molar-refractivity contribution is 5.37. The fourth-order valence-corrected chi connectivity index (χ4v) is 1.85. The first kappa shape index (κ1) is 15.7. The van der Waals surface area contributed by atoms with Gasteiger partial charge in [-0.25, -0.2) is 0 Å². The van der Waals surface area contributed by atoms with Crippen molar-refractivity contribution in [1.82, 2.24) is 4.57 Å². The van der Waals surface area contributed by atoms with Gasteiger partial charge in [-0.05, 0) is 24.3 Å². The molecule has 2 rings (SSSR count). The molecule has 0 fully saturated rings. The second kappa shape index (κ2) is 6.87. The Balaban J connectivity index is 2.12. The molecule has 0 saturated heterocycles. The van der Waals surface area contributed by atoms with Crippen LogP contribution in [0.5, 0.6) is 5.75 Å². The Bertz CT molecular complexity index is 872. The lowest BCUT2D eigenvalue weighted by molar-refractivity contribution is -0.385. The third-order valence-corrected chi connectivity index (χ3v) is 2.99. The third kappa shape index (κ3) is 3.71. The molecule has 0 aliphatic carbocycles. The van der Waals surface area contributed by atoms with Crippen LogP contribution in [-0.4, -0.2) is 16.1 Å². The van der Waals surface area contributed by atoms with Crippen LogP contribution in [-0.2, 0) is 6.54 Å². The molecule has 0 N–H and O–H groups in total. The van der Waals surface area contributed by atoms with Gasteiger partial charge >= 0.3 is 0 Å². The Labute approximate surface area is 130 Å². The number of nitriles is 2. The molecule has 2 aromatic rings. The molecule has 0 spiro atoms. The molecule has 0 aliphatic rings. The van der Waals surface area contributed by atoms with Gasteiger partial charge in [0.1, 0.15) is 24.0 Å². The average molecular weight is 310 g/mol. The summed E-state index contributed by atoms with van der Waals surface area (Å²) in [5.74, 6) is 0.503. The van der Waals surface area contributed by atoms with Crippen LogP contribution in [0.4, 0.5) is 5.69 Å². The zero-order valence-electron chi connectivity index (χ0n) is 11.8. The maximum absolute atomic E-state index is 11.9. The number of rotatable bonds is 5. The van der Waals surface area contributed by atoms with E-state index in [0.29, 0.717) is 11.3 Å². The molecule has 0 aliphatic heterocycles. The van der Waals surface area contributed by atoms with Gasteiger partial charge in [-0.2, -0.15) is 10.5 Å². The number of hydrogen-bond acceptors (Lipinski definition) is 6. The minimum atomic E-state index is -0.668. The van der Waals surface area contributed by atoms with E-state index in [4.69, 9.17) is 15.3 Å². The van der Waals surface area contributed by atoms with Crippen molar-refractivity contribution < 1.29 is 9.66 Å². The van der Waals surface area contributed by atoms with Crippen LogP contribution in [0.2, 0.25) is 0 Å². The van der Waals surface area contributed by atoms with E-state index >= 15 is 0 Å². The van der Waals surface area contributed by atoms with E-state index < -0.39 is 10.5 Å². The van der Waals surface area contributed by atoms with Crippen LogP contribution >= 0.6 is 0 Å². The molecule has 0 unspecified atom stereocenters. The second-order valence-electron chi connectivity index (χ2n) is 4.46. The number of aromatic nitrogens is 1. The van der Waals surface area contributed by atoms with Crippen molar-refractivity contribution in [3.63, 3.8) is 0 Å². The van der Waals surface area contributed by atoms with Gasteiger partial charge in [-0.1, -0.05) is 0 Å². The van der Waals surface area contributed by atoms with E-state index in [0.717, 1.165) is 16.8 Å². The van der Waals surface area contributed by atoms with Gasteiger partial charge in [0.05, 0.1) is 29.3 Å². The first-order chi connectivity index (χ1) is 11.0. The fourth-order valence-electron chi connectivity index (χ4n) is 1.85. The zero-order valence-corrected chi connectivity index (χ0v) is 11.8. The average Bonchev–Trinajstić information content (AvgIpc) is 2.56. The van der Waals surface area contributed by atoms with Crippen molar-refractivity contribution in [3.8, 4) is 17.9 Å². The Morgan fingerprint density at radius 2 is 1.91 bits per heavy atom. The molecule has 0 bridgehead atoms. The number of benzene rings is 1. The van der Waals surface area contributed by atoms with Crippen molar-refractivity contribution in [1.29, 1.82) is 10.5 Å². The summed E-state index contributed by atoms with van der Waals surface area (Å²) in [6.07, 6.45) is 1.07. The summed E-state index contributed by atoms with van der Waals surface area (Å²) >= 11 is 0. The molecule has 0 atom stereocenters. The topological polar surface area (TPSA) is 122 Å². The predicted octanol–water partition coefficient (Wildman–Crippen LogP) is 1.58. The minimum Gasteiger partial charge on any atom is -0.492 e. The van der Waals surface area contributed by atoms with Gasteiger partial charge in [0, 0.05) is 6.07 Å². The van der Waals surface area contributed by atoms with Crippen LogP contribution in [0, 0.1) is 32.8 Å². The first-order valence-corrected chi connectivity index (χ1v) is 6.47. The Kier molecular flexibility index (Phi) is 4.70. The summed E-state index contributed by atoms with van der Waals surface area (Å²) in [5.41, 5.74) is -0.746. The molecule has 0 saturated carbocycles. The van der Waals surface area contributed by atoms with Gasteiger partial charge in [0.25, 0.3) is 11.2 Å². The van der Waals surface area contributed by atoms with Gasteiger partial charge in [0.15, 0.2) is 0 Å². The third-order valence-electron chi connectivity index (χ3n) is 2.99. The van der Waals surface area contributed by atoms with E-state index in [-0.39, 0.29) is 24.4 Å². The number of pyridine rings is 1.